The van der Waals surface area contributed by atoms with Gasteiger partial charge in [-0.05, 0) is 17.7 Å². The fourth-order valence-electron chi connectivity index (χ4n) is 2.40. The summed E-state index contributed by atoms with van der Waals surface area (Å²) in [6, 6.07) is 8.90. The molecule has 126 valence electrons. The molecule has 3 nitrogen and oxygen atoms in total. The quantitative estimate of drug-likeness (QED) is 0.637. The van der Waals surface area contributed by atoms with Gasteiger partial charge in [-0.15, -0.1) is 6.42 Å². The van der Waals surface area contributed by atoms with Crippen LogP contribution < -0.4 is 4.80 Å². The molecule has 0 aliphatic heterocycles. The van der Waals surface area contributed by atoms with Gasteiger partial charge in [0.15, 0.2) is 10.6 Å². The zero-order valence-corrected chi connectivity index (χ0v) is 14.4. The number of nitrogens with zero attached hydrogens (tertiary/aromatic N) is 2. The molecule has 0 aliphatic rings. The summed E-state index contributed by atoms with van der Waals surface area (Å²) in [7, 11) is 0. The first-order chi connectivity index (χ1) is 12.0. The Balaban J connectivity index is 2.08. The number of fused-ring (bicyclic) bond motifs is 1. The van der Waals surface area contributed by atoms with Gasteiger partial charge in [0.2, 0.25) is 0 Å². The number of terminal acetylenes is 1. The highest BCUT2D eigenvalue weighted by Crippen LogP contribution is 2.22. The Bertz CT molecular complexity index is 1080. The minimum Gasteiger partial charge on any atom is -0.302 e. The molecule has 3 rings (SSSR count). The summed E-state index contributed by atoms with van der Waals surface area (Å²) in [6.45, 7) is 0.0146. The topological polar surface area (TPSA) is 34.4 Å². The standard InChI is InChI=1S/C18H11ClF2N2OS/c1-2-7-23-17-14(21)9-12(20)10-15(17)25-18(23)22-16(24)8-11-5-3-4-6-13(11)19/h1,3-6,9-10H,7-8H2. The molecule has 0 spiro atoms. The van der Waals surface area contributed by atoms with E-state index in [4.69, 9.17) is 18.0 Å². The molecule has 0 N–H and O–H groups in total. The van der Waals surface area contributed by atoms with Gasteiger partial charge in [-0.2, -0.15) is 4.99 Å². The fraction of sp³-hybridized carbons (Fsp3) is 0.111. The molecule has 0 saturated heterocycles. The number of hydrogen-bond donors (Lipinski definition) is 0. The minimum absolute atomic E-state index is 0.000809. The first-order valence-electron chi connectivity index (χ1n) is 7.22. The van der Waals surface area contributed by atoms with Gasteiger partial charge in [-0.3, -0.25) is 4.79 Å². The number of halogens is 3. The van der Waals surface area contributed by atoms with Gasteiger partial charge in [0.1, 0.15) is 5.82 Å². The molecule has 3 aromatic rings. The number of carbonyl (C=O) groups excluding carboxylic acids is 1. The lowest BCUT2D eigenvalue weighted by Crippen LogP contribution is -2.17. The van der Waals surface area contributed by atoms with Crippen LogP contribution in [0.1, 0.15) is 5.56 Å². The van der Waals surface area contributed by atoms with E-state index >= 15 is 0 Å². The number of benzene rings is 2. The van der Waals surface area contributed by atoms with Crippen molar-refractivity contribution in [2.45, 2.75) is 13.0 Å². The lowest BCUT2D eigenvalue weighted by Gasteiger charge is -2.02. The molecular weight excluding hydrogens is 366 g/mol. The highest BCUT2D eigenvalue weighted by Gasteiger charge is 2.14. The Morgan fingerprint density at radius 2 is 2.08 bits per heavy atom. The van der Waals surface area contributed by atoms with E-state index in [0.717, 1.165) is 17.4 Å². The number of carbonyl (C=O) groups is 1. The van der Waals surface area contributed by atoms with E-state index < -0.39 is 17.5 Å². The van der Waals surface area contributed by atoms with Crippen LogP contribution in [0.4, 0.5) is 8.78 Å². The Hall–Kier alpha value is -2.49. The number of aromatic nitrogens is 1. The SMILES string of the molecule is C#CCn1c(=NC(=O)Cc2ccccc2Cl)sc2cc(F)cc(F)c21. The number of amides is 1. The summed E-state index contributed by atoms with van der Waals surface area (Å²) in [6.07, 6.45) is 5.33. The van der Waals surface area contributed by atoms with E-state index in [1.54, 1.807) is 24.3 Å². The van der Waals surface area contributed by atoms with Crippen molar-refractivity contribution in [3.63, 3.8) is 0 Å². The van der Waals surface area contributed by atoms with Gasteiger partial charge in [-0.25, -0.2) is 8.78 Å². The first-order valence-corrected chi connectivity index (χ1v) is 8.42. The maximum absolute atomic E-state index is 14.1. The molecule has 0 radical (unpaired) electrons. The van der Waals surface area contributed by atoms with Crippen LogP contribution in [0.25, 0.3) is 10.2 Å². The second-order valence-corrected chi connectivity index (χ2v) is 6.60. The average Bonchev–Trinajstić information content (AvgIpc) is 2.87. The molecule has 1 aromatic heterocycles. The third kappa shape index (κ3) is 3.63. The van der Waals surface area contributed by atoms with Gasteiger partial charge >= 0.3 is 0 Å². The Morgan fingerprint density at radius 3 is 2.80 bits per heavy atom. The number of rotatable bonds is 3. The van der Waals surface area contributed by atoms with Gasteiger partial charge in [0, 0.05) is 11.1 Å². The van der Waals surface area contributed by atoms with Crippen LogP contribution in [0, 0.1) is 24.0 Å². The molecule has 0 atom stereocenters. The van der Waals surface area contributed by atoms with Crippen molar-refractivity contribution < 1.29 is 13.6 Å². The van der Waals surface area contributed by atoms with Crippen molar-refractivity contribution in [1.29, 1.82) is 0 Å². The van der Waals surface area contributed by atoms with Crippen LogP contribution in [0.15, 0.2) is 41.4 Å². The van der Waals surface area contributed by atoms with Gasteiger partial charge in [0.25, 0.3) is 5.91 Å². The third-order valence-corrected chi connectivity index (χ3v) is 4.86. The Morgan fingerprint density at radius 1 is 1.32 bits per heavy atom. The summed E-state index contributed by atoms with van der Waals surface area (Å²) < 4.78 is 29.3. The summed E-state index contributed by atoms with van der Waals surface area (Å²) in [4.78, 5) is 16.5. The number of hydrogen-bond acceptors (Lipinski definition) is 2. The highest BCUT2D eigenvalue weighted by molar-refractivity contribution is 7.16. The fourth-order valence-corrected chi connectivity index (χ4v) is 3.69. The van der Waals surface area contributed by atoms with Crippen molar-refractivity contribution >= 4 is 39.1 Å². The van der Waals surface area contributed by atoms with Crippen LogP contribution in [-0.4, -0.2) is 10.5 Å². The second kappa shape index (κ2) is 7.18. The molecule has 0 fully saturated rings. The van der Waals surface area contributed by atoms with Gasteiger partial charge in [0.05, 0.1) is 23.2 Å². The molecule has 2 aromatic carbocycles. The van der Waals surface area contributed by atoms with E-state index in [-0.39, 0.29) is 23.3 Å². The molecule has 1 amide bonds. The van der Waals surface area contributed by atoms with Crippen molar-refractivity contribution in [3.8, 4) is 12.3 Å². The predicted octanol–water partition coefficient (Wildman–Crippen LogP) is 3.94. The van der Waals surface area contributed by atoms with Crippen LogP contribution in [0.2, 0.25) is 5.02 Å². The molecule has 7 heteroatoms. The van der Waals surface area contributed by atoms with Crippen LogP contribution in [0.3, 0.4) is 0 Å². The summed E-state index contributed by atoms with van der Waals surface area (Å²) in [5.41, 5.74) is 0.772. The van der Waals surface area contributed by atoms with Crippen molar-refractivity contribution in [2.24, 2.45) is 4.99 Å². The smallest absolute Gasteiger partial charge is 0.252 e. The van der Waals surface area contributed by atoms with E-state index in [0.29, 0.717) is 15.3 Å². The molecular formula is C18H11ClF2N2OS. The van der Waals surface area contributed by atoms with E-state index in [2.05, 4.69) is 10.9 Å². The molecule has 0 aliphatic carbocycles. The van der Waals surface area contributed by atoms with E-state index in [1.807, 2.05) is 0 Å². The van der Waals surface area contributed by atoms with Crippen LogP contribution in [-0.2, 0) is 17.8 Å². The molecule has 0 bridgehead atoms. The normalized spacial score (nSPS) is 11.7. The Labute approximate surface area is 151 Å². The monoisotopic (exact) mass is 376 g/mol. The average molecular weight is 377 g/mol. The van der Waals surface area contributed by atoms with Crippen LogP contribution >= 0.6 is 22.9 Å². The highest BCUT2D eigenvalue weighted by atomic mass is 35.5. The maximum atomic E-state index is 14.1. The second-order valence-electron chi connectivity index (χ2n) is 5.18. The predicted molar refractivity (Wildman–Crippen MR) is 94.3 cm³/mol. The summed E-state index contributed by atoms with van der Waals surface area (Å²) in [5.74, 6) is 0.491. The van der Waals surface area contributed by atoms with Crippen molar-refractivity contribution in [3.05, 3.63) is 63.4 Å². The van der Waals surface area contributed by atoms with Crippen molar-refractivity contribution in [2.75, 3.05) is 0 Å². The van der Waals surface area contributed by atoms with Gasteiger partial charge < -0.3 is 4.57 Å². The number of thiazole rings is 1. The zero-order chi connectivity index (χ0) is 18.0. The van der Waals surface area contributed by atoms with Crippen molar-refractivity contribution in [1.82, 2.24) is 4.57 Å². The lowest BCUT2D eigenvalue weighted by atomic mass is 10.1. The third-order valence-electron chi connectivity index (χ3n) is 3.46. The Kier molecular flexibility index (Phi) is 4.98. The van der Waals surface area contributed by atoms with E-state index in [1.165, 1.54) is 10.6 Å². The first kappa shape index (κ1) is 17.3. The molecule has 0 unspecified atom stereocenters. The van der Waals surface area contributed by atoms with Crippen LogP contribution in [0.5, 0.6) is 0 Å². The maximum Gasteiger partial charge on any atom is 0.252 e. The zero-order valence-electron chi connectivity index (χ0n) is 12.8. The van der Waals surface area contributed by atoms with E-state index in [9.17, 15) is 13.6 Å². The minimum atomic E-state index is -0.749. The molecule has 0 saturated carbocycles. The summed E-state index contributed by atoms with van der Waals surface area (Å²) >= 11 is 7.04. The van der Waals surface area contributed by atoms with Gasteiger partial charge in [-0.1, -0.05) is 47.1 Å². The molecule has 25 heavy (non-hydrogen) atoms. The lowest BCUT2D eigenvalue weighted by molar-refractivity contribution is -0.117. The summed E-state index contributed by atoms with van der Waals surface area (Å²) in [5, 5.41) is 0.465. The largest absolute Gasteiger partial charge is 0.302 e. The molecule has 1 heterocycles.